The molecule has 0 aliphatic carbocycles. The second kappa shape index (κ2) is 4.63. The van der Waals surface area contributed by atoms with Crippen LogP contribution in [0.4, 0.5) is 0 Å². The fourth-order valence-corrected chi connectivity index (χ4v) is 1.11. The summed E-state index contributed by atoms with van der Waals surface area (Å²) in [5.41, 5.74) is -0.194. The average molecular weight is 230 g/mol. The van der Waals surface area contributed by atoms with E-state index in [9.17, 15) is 0 Å². The zero-order valence-corrected chi connectivity index (χ0v) is 11.0. The van der Waals surface area contributed by atoms with Crippen molar-refractivity contribution in [3.63, 3.8) is 0 Å². The summed E-state index contributed by atoms with van der Waals surface area (Å²) in [5, 5.41) is 0. The molecule has 0 saturated heterocycles. The van der Waals surface area contributed by atoms with Gasteiger partial charge >= 0.3 is 0 Å². The summed E-state index contributed by atoms with van der Waals surface area (Å²) in [7, 11) is 0. The van der Waals surface area contributed by atoms with Crippen molar-refractivity contribution in [2.24, 2.45) is 0 Å². The molecule has 1 atom stereocenters. The van der Waals surface area contributed by atoms with Crippen LogP contribution in [0.2, 0.25) is 0 Å². The van der Waals surface area contributed by atoms with Crippen LogP contribution < -0.4 is 0 Å². The molecule has 0 fully saturated rings. The van der Waals surface area contributed by atoms with E-state index >= 15 is 0 Å². The lowest BCUT2D eigenvalue weighted by Crippen LogP contribution is -2.26. The molecular weight excluding hydrogens is 208 g/mol. The van der Waals surface area contributed by atoms with E-state index < -0.39 is 5.79 Å². The molecule has 0 spiro atoms. The average Bonchev–Trinajstić information content (AvgIpc) is 2.43. The molecule has 4 nitrogen and oxygen atoms in total. The van der Waals surface area contributed by atoms with Crippen LogP contribution in [0.25, 0.3) is 0 Å². The summed E-state index contributed by atoms with van der Waals surface area (Å²) in [6.07, 6.45) is 1.44. The Morgan fingerprint density at radius 3 is 2.44 bits per heavy atom. The third-order valence-electron chi connectivity index (χ3n) is 2.03. The third-order valence-corrected chi connectivity index (χ3v) is 2.03. The molecule has 0 radical (unpaired) electrons. The topological polar surface area (TPSA) is 36.9 Å². The van der Waals surface area contributed by atoms with E-state index in [2.05, 4.69) is 0 Å². The summed E-state index contributed by atoms with van der Waals surface area (Å²) in [6, 6.07) is 0. The van der Waals surface area contributed by atoms with Crippen molar-refractivity contribution >= 4 is 0 Å². The predicted octanol–water partition coefficient (Wildman–Crippen LogP) is 2.79. The first-order chi connectivity index (χ1) is 7.20. The van der Waals surface area contributed by atoms with Crippen molar-refractivity contribution in [1.82, 2.24) is 0 Å². The van der Waals surface area contributed by atoms with Crippen LogP contribution in [-0.4, -0.2) is 24.3 Å². The highest BCUT2D eigenvalue weighted by Crippen LogP contribution is 2.27. The molecule has 0 aromatic carbocycles. The van der Waals surface area contributed by atoms with Gasteiger partial charge in [-0.25, -0.2) is 0 Å². The first kappa shape index (κ1) is 13.3. The van der Waals surface area contributed by atoms with E-state index in [1.54, 1.807) is 6.26 Å². The van der Waals surface area contributed by atoms with Gasteiger partial charge in [0, 0.05) is 13.8 Å². The maximum absolute atomic E-state index is 5.55. The number of rotatable bonds is 4. The van der Waals surface area contributed by atoms with Crippen molar-refractivity contribution in [2.75, 3.05) is 6.79 Å². The highest BCUT2D eigenvalue weighted by molar-refractivity contribution is 5.00. The molecule has 1 heterocycles. The minimum atomic E-state index is -0.585. The third kappa shape index (κ3) is 4.41. The molecule has 0 bridgehead atoms. The maximum atomic E-state index is 5.55. The Morgan fingerprint density at radius 1 is 1.38 bits per heavy atom. The Bertz CT molecular complexity index is 263. The van der Waals surface area contributed by atoms with Gasteiger partial charge in [-0.2, -0.15) is 0 Å². The molecular formula is C12H22O4. The van der Waals surface area contributed by atoms with E-state index in [1.165, 1.54) is 0 Å². The van der Waals surface area contributed by atoms with Crippen molar-refractivity contribution in [3.8, 4) is 0 Å². The largest absolute Gasteiger partial charge is 0.457 e. The second-order valence-electron chi connectivity index (χ2n) is 5.32. The molecule has 0 aromatic rings. The van der Waals surface area contributed by atoms with Gasteiger partial charge in [-0.3, -0.25) is 0 Å². The normalized spacial score (nSPS) is 21.0. The number of hydrogen-bond donors (Lipinski definition) is 0. The summed E-state index contributed by atoms with van der Waals surface area (Å²) in [5.74, 6) is 0.111. The highest BCUT2D eigenvalue weighted by atomic mass is 16.7. The van der Waals surface area contributed by atoms with Crippen LogP contribution in [0.3, 0.4) is 0 Å². The van der Waals surface area contributed by atoms with Gasteiger partial charge in [0.05, 0.1) is 5.60 Å². The molecule has 0 saturated carbocycles. The molecule has 1 rings (SSSR count). The molecule has 94 valence electrons. The zero-order chi connectivity index (χ0) is 12.4. The van der Waals surface area contributed by atoms with Crippen LogP contribution >= 0.6 is 0 Å². The fraction of sp³-hybridized carbons (Fsp3) is 0.833. The number of hydrogen-bond acceptors (Lipinski definition) is 4. The SMILES string of the molecule is C[C@H](OCOC(C)(C)C)C1=COC(C)(C)O1. The van der Waals surface area contributed by atoms with E-state index in [0.717, 1.165) is 0 Å². The van der Waals surface area contributed by atoms with Crippen molar-refractivity contribution < 1.29 is 18.9 Å². The van der Waals surface area contributed by atoms with Gasteiger partial charge in [0.15, 0.2) is 5.76 Å². The Balaban J connectivity index is 2.29. The van der Waals surface area contributed by atoms with Gasteiger partial charge in [0.25, 0.3) is 0 Å². The summed E-state index contributed by atoms with van der Waals surface area (Å²) in [4.78, 5) is 0. The molecule has 1 aliphatic rings. The van der Waals surface area contributed by atoms with E-state index in [4.69, 9.17) is 18.9 Å². The Hall–Kier alpha value is -0.740. The fourth-order valence-electron chi connectivity index (χ4n) is 1.11. The minimum Gasteiger partial charge on any atom is -0.457 e. The van der Waals surface area contributed by atoms with Crippen LogP contribution in [-0.2, 0) is 18.9 Å². The summed E-state index contributed by atoms with van der Waals surface area (Å²) in [6.45, 7) is 11.8. The monoisotopic (exact) mass is 230 g/mol. The van der Waals surface area contributed by atoms with Gasteiger partial charge < -0.3 is 18.9 Å². The summed E-state index contributed by atoms with van der Waals surface area (Å²) >= 11 is 0. The molecule has 0 unspecified atom stereocenters. The van der Waals surface area contributed by atoms with Gasteiger partial charge in [-0.15, -0.1) is 0 Å². The van der Waals surface area contributed by atoms with Crippen LogP contribution in [0, 0.1) is 0 Å². The maximum Gasteiger partial charge on any atom is 0.244 e. The van der Waals surface area contributed by atoms with Gasteiger partial charge in [0.2, 0.25) is 5.79 Å². The predicted molar refractivity (Wildman–Crippen MR) is 60.6 cm³/mol. The molecule has 1 aliphatic heterocycles. The minimum absolute atomic E-state index is 0.163. The Morgan fingerprint density at radius 2 is 2.00 bits per heavy atom. The highest BCUT2D eigenvalue weighted by Gasteiger charge is 2.30. The molecule has 16 heavy (non-hydrogen) atoms. The molecule has 0 aromatic heterocycles. The van der Waals surface area contributed by atoms with Crippen LogP contribution in [0.1, 0.15) is 41.5 Å². The summed E-state index contributed by atoms with van der Waals surface area (Å²) < 4.78 is 21.8. The first-order valence-electron chi connectivity index (χ1n) is 5.52. The van der Waals surface area contributed by atoms with Gasteiger partial charge in [0.1, 0.15) is 19.2 Å². The molecule has 4 heteroatoms. The Labute approximate surface area is 97.5 Å². The van der Waals surface area contributed by atoms with Crippen molar-refractivity contribution in [3.05, 3.63) is 12.0 Å². The standard InChI is InChI=1S/C12H22O4/c1-9(13-8-15-11(2,3)4)10-7-14-12(5,6)16-10/h7,9H,8H2,1-6H3/t9-/m0/s1. The van der Waals surface area contributed by atoms with Crippen molar-refractivity contribution in [2.45, 2.75) is 59.0 Å². The van der Waals surface area contributed by atoms with Crippen LogP contribution in [0.5, 0.6) is 0 Å². The lowest BCUT2D eigenvalue weighted by molar-refractivity contribution is -0.157. The lowest BCUT2D eigenvalue weighted by Gasteiger charge is -2.23. The molecule has 0 amide bonds. The lowest BCUT2D eigenvalue weighted by atomic mass is 10.2. The number of ether oxygens (including phenoxy) is 4. The first-order valence-corrected chi connectivity index (χ1v) is 5.52. The van der Waals surface area contributed by atoms with Crippen molar-refractivity contribution in [1.29, 1.82) is 0 Å². The smallest absolute Gasteiger partial charge is 0.244 e. The molecule has 0 N–H and O–H groups in total. The quantitative estimate of drug-likeness (QED) is 0.696. The van der Waals surface area contributed by atoms with E-state index in [0.29, 0.717) is 5.76 Å². The Kier molecular flexibility index (Phi) is 3.86. The van der Waals surface area contributed by atoms with E-state index in [1.807, 2.05) is 41.5 Å². The van der Waals surface area contributed by atoms with Crippen LogP contribution in [0.15, 0.2) is 12.0 Å². The zero-order valence-electron chi connectivity index (χ0n) is 11.0. The van der Waals surface area contributed by atoms with E-state index in [-0.39, 0.29) is 18.5 Å². The second-order valence-corrected chi connectivity index (χ2v) is 5.32. The van der Waals surface area contributed by atoms with Gasteiger partial charge in [-0.1, -0.05) is 0 Å². The van der Waals surface area contributed by atoms with Gasteiger partial charge in [-0.05, 0) is 27.7 Å².